The molecule has 0 aromatic heterocycles. The molecule has 0 aromatic rings. The molecular weight excluding hydrogens is 228 g/mol. The van der Waals surface area contributed by atoms with Crippen LogP contribution in [0.2, 0.25) is 0 Å². The van der Waals surface area contributed by atoms with Gasteiger partial charge < -0.3 is 16.0 Å². The maximum atomic E-state index is 3.56. The van der Waals surface area contributed by atoms with Gasteiger partial charge in [-0.1, -0.05) is 0 Å². The van der Waals surface area contributed by atoms with Gasteiger partial charge in [-0.25, -0.2) is 10.0 Å². The highest BCUT2D eigenvalue weighted by Gasteiger charge is 2.32. The molecule has 3 heterocycles. The van der Waals surface area contributed by atoms with E-state index in [4.69, 9.17) is 0 Å². The zero-order chi connectivity index (χ0) is 12.2. The van der Waals surface area contributed by atoms with E-state index >= 15 is 0 Å². The summed E-state index contributed by atoms with van der Waals surface area (Å²) in [6.07, 6.45) is 0.555. The van der Waals surface area contributed by atoms with Crippen molar-refractivity contribution in [1.29, 1.82) is 0 Å². The number of nitrogens with one attached hydrogen (secondary N) is 3. The van der Waals surface area contributed by atoms with Crippen molar-refractivity contribution < 1.29 is 0 Å². The van der Waals surface area contributed by atoms with E-state index < -0.39 is 0 Å². The summed E-state index contributed by atoms with van der Waals surface area (Å²) in [5, 5.41) is 15.6. The molecule has 3 N–H and O–H groups in total. The van der Waals surface area contributed by atoms with Crippen LogP contribution in [0.3, 0.4) is 0 Å². The van der Waals surface area contributed by atoms with E-state index in [0.717, 1.165) is 58.9 Å². The molecule has 6 nitrogen and oxygen atoms in total. The van der Waals surface area contributed by atoms with Crippen molar-refractivity contribution in [2.75, 3.05) is 72.0 Å². The molecule has 1 unspecified atom stereocenters. The summed E-state index contributed by atoms with van der Waals surface area (Å²) in [5.74, 6) is 0. The van der Waals surface area contributed by atoms with Crippen LogP contribution in [0.4, 0.5) is 0 Å². The lowest BCUT2D eigenvalue weighted by Crippen LogP contribution is -2.68. The lowest BCUT2D eigenvalue weighted by Gasteiger charge is -2.49. The van der Waals surface area contributed by atoms with Gasteiger partial charge in [0.05, 0.1) is 6.17 Å². The van der Waals surface area contributed by atoms with Gasteiger partial charge in [-0.15, -0.1) is 0 Å². The lowest BCUT2D eigenvalue weighted by atomic mass is 10.2. The molecule has 18 heavy (non-hydrogen) atoms. The highest BCUT2D eigenvalue weighted by molar-refractivity contribution is 4.83. The Morgan fingerprint density at radius 2 is 1.28 bits per heavy atom. The SMILES string of the molecule is C1CN(C2CNCCN2N2CCNCC2)CCN1. The first-order chi connectivity index (χ1) is 8.95. The molecule has 3 rings (SSSR count). The summed E-state index contributed by atoms with van der Waals surface area (Å²) in [4.78, 5) is 2.63. The van der Waals surface area contributed by atoms with Gasteiger partial charge in [0.2, 0.25) is 0 Å². The van der Waals surface area contributed by atoms with Crippen molar-refractivity contribution in [3.8, 4) is 0 Å². The van der Waals surface area contributed by atoms with Crippen molar-refractivity contribution in [2.24, 2.45) is 0 Å². The van der Waals surface area contributed by atoms with E-state index in [2.05, 4.69) is 30.9 Å². The monoisotopic (exact) mass is 254 g/mol. The number of hydrogen-bond acceptors (Lipinski definition) is 6. The van der Waals surface area contributed by atoms with Crippen LogP contribution in [0.25, 0.3) is 0 Å². The number of rotatable bonds is 2. The van der Waals surface area contributed by atoms with Crippen LogP contribution in [-0.4, -0.2) is 93.1 Å². The van der Waals surface area contributed by atoms with Gasteiger partial charge >= 0.3 is 0 Å². The third-order valence-corrected chi connectivity index (χ3v) is 4.22. The van der Waals surface area contributed by atoms with E-state index in [1.165, 1.54) is 13.1 Å². The largest absolute Gasteiger partial charge is 0.314 e. The normalized spacial score (nSPS) is 33.7. The molecule has 3 fully saturated rings. The first-order valence-electron chi connectivity index (χ1n) is 7.33. The molecule has 3 aliphatic heterocycles. The topological polar surface area (TPSA) is 45.8 Å². The molecule has 0 bridgehead atoms. The number of hydrogen-bond donors (Lipinski definition) is 3. The van der Waals surface area contributed by atoms with Crippen LogP contribution < -0.4 is 16.0 Å². The second-order valence-corrected chi connectivity index (χ2v) is 5.34. The molecule has 0 aromatic carbocycles. The van der Waals surface area contributed by atoms with Crippen molar-refractivity contribution in [1.82, 2.24) is 30.9 Å². The van der Waals surface area contributed by atoms with Crippen LogP contribution in [0.5, 0.6) is 0 Å². The number of hydrazine groups is 1. The van der Waals surface area contributed by atoms with E-state index in [-0.39, 0.29) is 0 Å². The van der Waals surface area contributed by atoms with Crippen LogP contribution in [-0.2, 0) is 0 Å². The minimum Gasteiger partial charge on any atom is -0.314 e. The Hall–Kier alpha value is -0.240. The Morgan fingerprint density at radius 1 is 0.667 bits per heavy atom. The highest BCUT2D eigenvalue weighted by atomic mass is 15.7. The fraction of sp³-hybridized carbons (Fsp3) is 1.00. The third kappa shape index (κ3) is 2.84. The van der Waals surface area contributed by atoms with Crippen molar-refractivity contribution in [2.45, 2.75) is 6.17 Å². The average molecular weight is 254 g/mol. The van der Waals surface area contributed by atoms with E-state index in [0.29, 0.717) is 6.17 Å². The smallest absolute Gasteiger partial charge is 0.0887 e. The third-order valence-electron chi connectivity index (χ3n) is 4.22. The molecule has 0 radical (unpaired) electrons. The summed E-state index contributed by atoms with van der Waals surface area (Å²) in [6.45, 7) is 12.5. The summed E-state index contributed by atoms with van der Waals surface area (Å²) in [6, 6.07) is 0. The maximum Gasteiger partial charge on any atom is 0.0887 e. The fourth-order valence-corrected chi connectivity index (χ4v) is 3.22. The quantitative estimate of drug-likeness (QED) is 0.527. The van der Waals surface area contributed by atoms with E-state index in [1.54, 1.807) is 0 Å². The Balaban J connectivity index is 1.64. The van der Waals surface area contributed by atoms with Gasteiger partial charge in [0.25, 0.3) is 0 Å². The minimum atomic E-state index is 0.555. The molecule has 0 spiro atoms. The molecule has 0 aliphatic carbocycles. The predicted octanol–water partition coefficient (Wildman–Crippen LogP) is -2.06. The van der Waals surface area contributed by atoms with Crippen molar-refractivity contribution in [3.05, 3.63) is 0 Å². The first-order valence-corrected chi connectivity index (χ1v) is 7.33. The Kier molecular flexibility index (Phi) is 4.45. The van der Waals surface area contributed by atoms with Gasteiger partial charge in [0.15, 0.2) is 0 Å². The Labute approximate surface area is 110 Å². The average Bonchev–Trinajstić information content (AvgIpc) is 2.49. The number of nitrogens with zero attached hydrogens (tertiary/aromatic N) is 3. The first kappa shape index (κ1) is 12.8. The summed E-state index contributed by atoms with van der Waals surface area (Å²) in [7, 11) is 0. The molecular formula is C12H26N6. The fourth-order valence-electron chi connectivity index (χ4n) is 3.22. The van der Waals surface area contributed by atoms with E-state index in [9.17, 15) is 0 Å². The molecule has 6 heteroatoms. The molecule has 3 saturated heterocycles. The second kappa shape index (κ2) is 6.27. The Bertz CT molecular complexity index is 223. The van der Waals surface area contributed by atoms with Crippen molar-refractivity contribution in [3.63, 3.8) is 0 Å². The minimum absolute atomic E-state index is 0.555. The van der Waals surface area contributed by atoms with E-state index in [1.807, 2.05) is 0 Å². The van der Waals surface area contributed by atoms with Crippen LogP contribution in [0.1, 0.15) is 0 Å². The lowest BCUT2D eigenvalue weighted by molar-refractivity contribution is -0.130. The highest BCUT2D eigenvalue weighted by Crippen LogP contribution is 2.13. The summed E-state index contributed by atoms with van der Waals surface area (Å²) >= 11 is 0. The van der Waals surface area contributed by atoms with Crippen LogP contribution in [0.15, 0.2) is 0 Å². The van der Waals surface area contributed by atoms with Gasteiger partial charge in [-0.05, 0) is 0 Å². The molecule has 0 saturated carbocycles. The van der Waals surface area contributed by atoms with Gasteiger partial charge in [0, 0.05) is 72.0 Å². The second-order valence-electron chi connectivity index (χ2n) is 5.34. The molecule has 0 amide bonds. The summed E-state index contributed by atoms with van der Waals surface area (Å²) in [5.41, 5.74) is 0. The van der Waals surface area contributed by atoms with Crippen LogP contribution in [0, 0.1) is 0 Å². The number of piperazine rings is 3. The summed E-state index contributed by atoms with van der Waals surface area (Å²) < 4.78 is 0. The van der Waals surface area contributed by atoms with Gasteiger partial charge in [-0.2, -0.15) is 0 Å². The van der Waals surface area contributed by atoms with Gasteiger partial charge in [0.1, 0.15) is 0 Å². The van der Waals surface area contributed by atoms with Crippen molar-refractivity contribution >= 4 is 0 Å². The van der Waals surface area contributed by atoms with Gasteiger partial charge in [-0.3, -0.25) is 4.90 Å². The standard InChI is InChI=1S/C12H26N6/c1-6-16(7-2-13-1)12-11-15-5-10-18(12)17-8-3-14-4-9-17/h12-15H,1-11H2. The zero-order valence-electron chi connectivity index (χ0n) is 11.2. The molecule has 3 aliphatic rings. The van der Waals surface area contributed by atoms with Crippen LogP contribution >= 0.6 is 0 Å². The zero-order valence-corrected chi connectivity index (χ0v) is 11.2. The predicted molar refractivity (Wildman–Crippen MR) is 72.2 cm³/mol. The Morgan fingerprint density at radius 3 is 2.00 bits per heavy atom. The molecule has 104 valence electrons. The maximum absolute atomic E-state index is 3.56. The molecule has 1 atom stereocenters.